The minimum atomic E-state index is -4.48. The molecule has 0 heterocycles. The summed E-state index contributed by atoms with van der Waals surface area (Å²) in [5.41, 5.74) is 2.81. The van der Waals surface area contributed by atoms with Gasteiger partial charge in [-0.05, 0) is 12.8 Å². The first-order valence-corrected chi connectivity index (χ1v) is 9.31. The van der Waals surface area contributed by atoms with Crippen molar-refractivity contribution in [3.8, 4) is 0 Å². The summed E-state index contributed by atoms with van der Waals surface area (Å²) in [5, 5.41) is 0. The lowest BCUT2D eigenvalue weighted by molar-refractivity contribution is 0.349. The molecule has 0 spiro atoms. The van der Waals surface area contributed by atoms with Gasteiger partial charge in [0.25, 0.3) is 10.1 Å². The third kappa shape index (κ3) is 19.5. The van der Waals surface area contributed by atoms with E-state index in [2.05, 4.69) is 13.5 Å². The number of rotatable bonds is 12. The molecular formula is C15H32FNO3S. The molecule has 0 saturated heterocycles. The molecule has 0 aliphatic heterocycles. The molecule has 1 unspecified atom stereocenters. The first kappa shape index (κ1) is 22.8. The highest BCUT2D eigenvalue weighted by Crippen LogP contribution is 2.14. The molecule has 0 saturated carbocycles. The molecule has 0 fully saturated rings. The smallest absolute Gasteiger partial charge is 0.297 e. The van der Waals surface area contributed by atoms with E-state index >= 15 is 0 Å². The number of hydrogen-bond donors (Lipinski definition) is 2. The molecule has 0 aromatic carbocycles. The first-order chi connectivity index (χ1) is 9.90. The molecule has 1 atom stereocenters. The van der Waals surface area contributed by atoms with Crippen LogP contribution in [-0.4, -0.2) is 25.0 Å². The van der Waals surface area contributed by atoms with Crippen molar-refractivity contribution in [2.75, 3.05) is 6.54 Å². The van der Waals surface area contributed by atoms with E-state index in [9.17, 15) is 12.8 Å². The molecule has 0 aromatic rings. The summed E-state index contributed by atoms with van der Waals surface area (Å²) < 4.78 is 41.9. The van der Waals surface area contributed by atoms with Gasteiger partial charge < -0.3 is 5.73 Å². The van der Waals surface area contributed by atoms with Crippen LogP contribution < -0.4 is 5.73 Å². The average Bonchev–Trinajstić information content (AvgIpc) is 2.44. The van der Waals surface area contributed by atoms with E-state index in [0.29, 0.717) is 13.0 Å². The Bertz CT molecular complexity index is 321. The topological polar surface area (TPSA) is 80.4 Å². The Hall–Kier alpha value is -0.460. The Morgan fingerprint density at radius 2 is 1.48 bits per heavy atom. The fraction of sp³-hybridized carbons (Fsp3) is 0.867. The second-order valence-electron chi connectivity index (χ2n) is 5.07. The van der Waals surface area contributed by atoms with Crippen molar-refractivity contribution >= 4 is 10.1 Å². The molecule has 0 aliphatic carbocycles. The van der Waals surface area contributed by atoms with Crippen LogP contribution in [-0.2, 0) is 10.1 Å². The van der Waals surface area contributed by atoms with Gasteiger partial charge in [0.2, 0.25) is 5.50 Å². The maximum Gasteiger partial charge on any atom is 0.297 e. The van der Waals surface area contributed by atoms with Gasteiger partial charge >= 0.3 is 0 Å². The van der Waals surface area contributed by atoms with Gasteiger partial charge in [-0.25, -0.2) is 4.39 Å². The van der Waals surface area contributed by atoms with Gasteiger partial charge in [0.15, 0.2) is 0 Å². The fourth-order valence-electron chi connectivity index (χ4n) is 1.76. The zero-order valence-corrected chi connectivity index (χ0v) is 14.1. The highest BCUT2D eigenvalue weighted by atomic mass is 32.2. The van der Waals surface area contributed by atoms with Crippen LogP contribution in [0.5, 0.6) is 0 Å². The third-order valence-corrected chi connectivity index (χ3v) is 3.91. The minimum Gasteiger partial charge on any atom is -0.327 e. The normalized spacial score (nSPS) is 12.4. The number of halogens is 1. The Morgan fingerprint density at radius 1 is 1.10 bits per heavy atom. The van der Waals surface area contributed by atoms with Crippen molar-refractivity contribution in [2.24, 2.45) is 5.73 Å². The SMILES string of the molecule is C=CCN.CCCCCCCCCCCC(F)S(=O)(=O)O. The molecule has 0 radical (unpaired) electrons. The van der Waals surface area contributed by atoms with E-state index in [0.717, 1.165) is 19.3 Å². The molecule has 3 N–H and O–H groups in total. The van der Waals surface area contributed by atoms with Crippen LogP contribution in [0, 0.1) is 0 Å². The molecular weight excluding hydrogens is 293 g/mol. The van der Waals surface area contributed by atoms with Crippen LogP contribution in [0.2, 0.25) is 0 Å². The molecule has 0 aromatic heterocycles. The molecule has 21 heavy (non-hydrogen) atoms. The van der Waals surface area contributed by atoms with E-state index in [1.807, 2.05) is 0 Å². The van der Waals surface area contributed by atoms with Crippen molar-refractivity contribution in [1.82, 2.24) is 0 Å². The van der Waals surface area contributed by atoms with E-state index in [1.54, 1.807) is 6.08 Å². The van der Waals surface area contributed by atoms with Crippen molar-refractivity contribution in [2.45, 2.75) is 76.6 Å². The van der Waals surface area contributed by atoms with Crippen LogP contribution in [0.4, 0.5) is 4.39 Å². The average molecular weight is 325 g/mol. The molecule has 128 valence electrons. The summed E-state index contributed by atoms with van der Waals surface area (Å²) >= 11 is 0. The van der Waals surface area contributed by atoms with Gasteiger partial charge in [-0.2, -0.15) is 8.42 Å². The van der Waals surface area contributed by atoms with Crippen LogP contribution >= 0.6 is 0 Å². The predicted octanol–water partition coefficient (Wildman–Crippen LogP) is 4.22. The van der Waals surface area contributed by atoms with E-state index in [-0.39, 0.29) is 6.42 Å². The molecule has 4 nitrogen and oxygen atoms in total. The second kappa shape index (κ2) is 15.9. The van der Waals surface area contributed by atoms with Crippen LogP contribution in [0.25, 0.3) is 0 Å². The summed E-state index contributed by atoms with van der Waals surface area (Å²) in [6, 6.07) is 0. The van der Waals surface area contributed by atoms with E-state index in [1.165, 1.54) is 32.1 Å². The summed E-state index contributed by atoms with van der Waals surface area (Å²) in [5.74, 6) is 0. The molecule has 6 heteroatoms. The lowest BCUT2D eigenvalue weighted by atomic mass is 10.1. The highest BCUT2D eigenvalue weighted by molar-refractivity contribution is 7.86. The zero-order chi connectivity index (χ0) is 16.6. The van der Waals surface area contributed by atoms with Crippen molar-refractivity contribution in [1.29, 1.82) is 0 Å². The van der Waals surface area contributed by atoms with Crippen LogP contribution in [0.3, 0.4) is 0 Å². The van der Waals surface area contributed by atoms with E-state index < -0.39 is 15.6 Å². The molecule has 0 rings (SSSR count). The van der Waals surface area contributed by atoms with Gasteiger partial charge in [0.1, 0.15) is 0 Å². The minimum absolute atomic E-state index is 0.0886. The number of hydrogen-bond acceptors (Lipinski definition) is 3. The summed E-state index contributed by atoms with van der Waals surface area (Å²) in [4.78, 5) is 0. The third-order valence-electron chi connectivity index (χ3n) is 3.02. The maximum atomic E-state index is 12.8. The largest absolute Gasteiger partial charge is 0.327 e. The van der Waals surface area contributed by atoms with Gasteiger partial charge in [-0.3, -0.25) is 4.55 Å². The predicted molar refractivity (Wildman–Crippen MR) is 87.5 cm³/mol. The number of unbranched alkanes of at least 4 members (excludes halogenated alkanes) is 8. The Kier molecular flexibility index (Phi) is 17.3. The zero-order valence-electron chi connectivity index (χ0n) is 13.3. The molecule has 0 bridgehead atoms. The van der Waals surface area contributed by atoms with Crippen molar-refractivity contribution < 1.29 is 17.4 Å². The fourth-order valence-corrected chi connectivity index (χ4v) is 2.23. The standard InChI is InChI=1S/C12H25FO3S.C3H7N/c1-2-3-4-5-6-7-8-9-10-11-12(13)17(14,15)16;1-2-3-4/h12H,2-11H2,1H3,(H,14,15,16);2H,1,3-4H2. The Labute approximate surface area is 129 Å². The Balaban J connectivity index is 0. The number of alkyl halides is 1. The van der Waals surface area contributed by atoms with Gasteiger partial charge in [0, 0.05) is 6.54 Å². The molecule has 0 amide bonds. The summed E-state index contributed by atoms with van der Waals surface area (Å²) in [6.07, 6.45) is 11.4. The maximum absolute atomic E-state index is 12.8. The lowest BCUT2D eigenvalue weighted by Crippen LogP contribution is -2.14. The second-order valence-corrected chi connectivity index (χ2v) is 6.61. The van der Waals surface area contributed by atoms with Gasteiger partial charge in [0.05, 0.1) is 0 Å². The summed E-state index contributed by atoms with van der Waals surface area (Å²) in [7, 11) is -4.48. The van der Waals surface area contributed by atoms with Gasteiger partial charge in [-0.15, -0.1) is 6.58 Å². The first-order valence-electron chi connectivity index (χ1n) is 7.81. The lowest BCUT2D eigenvalue weighted by Gasteiger charge is -2.04. The summed E-state index contributed by atoms with van der Waals surface area (Å²) in [6.45, 7) is 6.12. The van der Waals surface area contributed by atoms with Crippen LogP contribution in [0.15, 0.2) is 12.7 Å². The highest BCUT2D eigenvalue weighted by Gasteiger charge is 2.20. The monoisotopic (exact) mass is 325 g/mol. The number of nitrogens with two attached hydrogens (primary N) is 1. The molecule has 0 aliphatic rings. The van der Waals surface area contributed by atoms with Crippen LogP contribution in [0.1, 0.15) is 71.1 Å². The van der Waals surface area contributed by atoms with Crippen molar-refractivity contribution in [3.63, 3.8) is 0 Å². The van der Waals surface area contributed by atoms with Crippen molar-refractivity contribution in [3.05, 3.63) is 12.7 Å². The van der Waals surface area contributed by atoms with Gasteiger partial charge in [-0.1, -0.05) is 64.4 Å². The van der Waals surface area contributed by atoms with E-state index in [4.69, 9.17) is 10.3 Å². The Morgan fingerprint density at radius 3 is 1.81 bits per heavy atom. The quantitative estimate of drug-likeness (QED) is 0.320.